The molecular formula is C22H26N4O2S. The molecule has 6 nitrogen and oxygen atoms in total. The third-order valence-corrected chi connectivity index (χ3v) is 6.48. The number of benzene rings is 1. The number of fused-ring (bicyclic) bond motifs is 1. The lowest BCUT2D eigenvalue weighted by atomic mass is 10.1. The number of aryl methyl sites for hydroxylation is 2. The SMILES string of the molecule is CC(=O)Nc1ccc(Oc2ncnc3sc(C)c(C)c23)c(CN2CCCCC2)c1. The van der Waals surface area contributed by atoms with Crippen LogP contribution >= 0.6 is 11.3 Å². The lowest BCUT2D eigenvalue weighted by Crippen LogP contribution is -2.29. The number of rotatable bonds is 5. The first-order valence-electron chi connectivity index (χ1n) is 10.0. The number of carbonyl (C=O) groups excluding carboxylic acids is 1. The first kappa shape index (κ1) is 19.8. The van der Waals surface area contributed by atoms with E-state index in [0.717, 1.165) is 52.4 Å². The van der Waals surface area contributed by atoms with Gasteiger partial charge in [-0.2, -0.15) is 0 Å². The summed E-state index contributed by atoms with van der Waals surface area (Å²) in [6.07, 6.45) is 5.30. The van der Waals surface area contributed by atoms with Gasteiger partial charge in [-0.05, 0) is 63.5 Å². The number of carbonyl (C=O) groups is 1. The fourth-order valence-electron chi connectivity index (χ4n) is 3.77. The molecule has 0 saturated carbocycles. The van der Waals surface area contributed by atoms with E-state index in [0.29, 0.717) is 5.88 Å². The Morgan fingerprint density at radius 1 is 1.21 bits per heavy atom. The van der Waals surface area contributed by atoms with E-state index in [2.05, 4.69) is 34.0 Å². The van der Waals surface area contributed by atoms with Crippen LogP contribution in [0.1, 0.15) is 42.2 Å². The number of hydrogen-bond acceptors (Lipinski definition) is 6. The number of thiophene rings is 1. The van der Waals surface area contributed by atoms with E-state index >= 15 is 0 Å². The van der Waals surface area contributed by atoms with E-state index in [1.54, 1.807) is 17.7 Å². The number of nitrogens with one attached hydrogen (secondary N) is 1. The van der Waals surface area contributed by atoms with Gasteiger partial charge in [-0.1, -0.05) is 6.42 Å². The van der Waals surface area contributed by atoms with E-state index in [9.17, 15) is 4.79 Å². The first-order chi connectivity index (χ1) is 14.0. The van der Waals surface area contributed by atoms with Gasteiger partial charge in [-0.15, -0.1) is 11.3 Å². The van der Waals surface area contributed by atoms with E-state index in [4.69, 9.17) is 4.74 Å². The normalized spacial score (nSPS) is 14.9. The lowest BCUT2D eigenvalue weighted by molar-refractivity contribution is -0.114. The summed E-state index contributed by atoms with van der Waals surface area (Å²) in [7, 11) is 0. The van der Waals surface area contributed by atoms with Crippen LogP contribution in [-0.2, 0) is 11.3 Å². The zero-order chi connectivity index (χ0) is 20.4. The number of piperidine rings is 1. The summed E-state index contributed by atoms with van der Waals surface area (Å²) in [4.78, 5) is 24.9. The highest BCUT2D eigenvalue weighted by molar-refractivity contribution is 7.18. The summed E-state index contributed by atoms with van der Waals surface area (Å²) in [6.45, 7) is 8.66. The van der Waals surface area contributed by atoms with Crippen LogP contribution in [0.2, 0.25) is 0 Å². The quantitative estimate of drug-likeness (QED) is 0.638. The number of ether oxygens (including phenoxy) is 1. The van der Waals surface area contributed by atoms with Crippen molar-refractivity contribution >= 4 is 33.1 Å². The third kappa shape index (κ3) is 4.41. The third-order valence-electron chi connectivity index (χ3n) is 5.36. The molecule has 0 spiro atoms. The minimum atomic E-state index is -0.0792. The molecule has 0 aliphatic carbocycles. The molecule has 2 aromatic heterocycles. The predicted molar refractivity (Wildman–Crippen MR) is 117 cm³/mol. The maximum Gasteiger partial charge on any atom is 0.231 e. The summed E-state index contributed by atoms with van der Waals surface area (Å²) in [5, 5.41) is 3.86. The molecular weight excluding hydrogens is 384 g/mol. The number of anilines is 1. The van der Waals surface area contributed by atoms with Crippen molar-refractivity contribution in [2.24, 2.45) is 0 Å². The molecule has 29 heavy (non-hydrogen) atoms. The number of likely N-dealkylation sites (tertiary alicyclic amines) is 1. The van der Waals surface area contributed by atoms with Crippen LogP contribution in [0.15, 0.2) is 24.5 Å². The Labute approximate surface area is 174 Å². The Morgan fingerprint density at radius 3 is 2.76 bits per heavy atom. The zero-order valence-corrected chi connectivity index (χ0v) is 17.9. The Hall–Kier alpha value is -2.51. The molecule has 1 fully saturated rings. The number of hydrogen-bond donors (Lipinski definition) is 1. The second-order valence-electron chi connectivity index (χ2n) is 7.58. The summed E-state index contributed by atoms with van der Waals surface area (Å²) >= 11 is 1.66. The Bertz CT molecular complexity index is 1040. The highest BCUT2D eigenvalue weighted by Gasteiger charge is 2.18. The van der Waals surface area contributed by atoms with Crippen LogP contribution in [0.3, 0.4) is 0 Å². The fourth-order valence-corrected chi connectivity index (χ4v) is 4.76. The second-order valence-corrected chi connectivity index (χ2v) is 8.79. The summed E-state index contributed by atoms with van der Waals surface area (Å²) < 4.78 is 6.33. The van der Waals surface area contributed by atoms with Crippen LogP contribution in [0.4, 0.5) is 5.69 Å². The molecule has 1 aliphatic heterocycles. The van der Waals surface area contributed by atoms with Crippen LogP contribution in [-0.4, -0.2) is 33.9 Å². The average molecular weight is 411 g/mol. The van der Waals surface area contributed by atoms with Crippen LogP contribution in [0.5, 0.6) is 11.6 Å². The molecule has 1 saturated heterocycles. The number of aromatic nitrogens is 2. The second kappa shape index (κ2) is 8.47. The molecule has 3 aromatic rings. The molecule has 7 heteroatoms. The molecule has 152 valence electrons. The van der Waals surface area contributed by atoms with Crippen molar-refractivity contribution in [1.29, 1.82) is 0 Å². The molecule has 1 amide bonds. The van der Waals surface area contributed by atoms with Crippen molar-refractivity contribution in [3.63, 3.8) is 0 Å². The van der Waals surface area contributed by atoms with Crippen molar-refractivity contribution in [2.75, 3.05) is 18.4 Å². The zero-order valence-electron chi connectivity index (χ0n) is 17.1. The molecule has 1 N–H and O–H groups in total. The van der Waals surface area contributed by atoms with Crippen LogP contribution in [0, 0.1) is 13.8 Å². The van der Waals surface area contributed by atoms with Crippen molar-refractivity contribution in [3.8, 4) is 11.6 Å². The van der Waals surface area contributed by atoms with E-state index < -0.39 is 0 Å². The van der Waals surface area contributed by atoms with Crippen molar-refractivity contribution in [1.82, 2.24) is 14.9 Å². The molecule has 1 aromatic carbocycles. The highest BCUT2D eigenvalue weighted by atomic mass is 32.1. The van der Waals surface area contributed by atoms with Gasteiger partial charge in [0.15, 0.2) is 0 Å². The maximum atomic E-state index is 11.5. The highest BCUT2D eigenvalue weighted by Crippen LogP contribution is 2.37. The summed E-state index contributed by atoms with van der Waals surface area (Å²) in [6, 6.07) is 5.81. The minimum Gasteiger partial charge on any atom is -0.438 e. The smallest absolute Gasteiger partial charge is 0.231 e. The van der Waals surface area contributed by atoms with Gasteiger partial charge < -0.3 is 10.1 Å². The van der Waals surface area contributed by atoms with Gasteiger partial charge in [0.2, 0.25) is 11.8 Å². The average Bonchev–Trinajstić information content (AvgIpc) is 2.99. The topological polar surface area (TPSA) is 67.3 Å². The van der Waals surface area contributed by atoms with Gasteiger partial charge in [0.1, 0.15) is 16.9 Å². The Balaban J connectivity index is 1.69. The molecule has 1 aliphatic rings. The van der Waals surface area contributed by atoms with E-state index in [1.807, 2.05) is 18.2 Å². The fraction of sp³-hybridized carbons (Fsp3) is 0.409. The molecule has 0 unspecified atom stereocenters. The molecule has 0 atom stereocenters. The van der Waals surface area contributed by atoms with Gasteiger partial charge >= 0.3 is 0 Å². The Morgan fingerprint density at radius 2 is 2.00 bits per heavy atom. The van der Waals surface area contributed by atoms with Crippen LogP contribution in [0.25, 0.3) is 10.2 Å². The minimum absolute atomic E-state index is 0.0792. The molecule has 0 bridgehead atoms. The van der Waals surface area contributed by atoms with Crippen LogP contribution < -0.4 is 10.1 Å². The first-order valence-corrected chi connectivity index (χ1v) is 10.8. The molecule has 4 rings (SSSR count). The summed E-state index contributed by atoms with van der Waals surface area (Å²) in [5.74, 6) is 1.28. The van der Waals surface area contributed by atoms with Gasteiger partial charge in [-0.3, -0.25) is 9.69 Å². The standard InChI is InChI=1S/C22H26N4O2S/c1-14-15(2)29-22-20(14)21(23-13-24-22)28-19-8-7-18(25-16(3)27)11-17(19)12-26-9-5-4-6-10-26/h7-8,11,13H,4-6,9-10,12H2,1-3H3,(H,25,27). The van der Waals surface area contributed by atoms with Gasteiger partial charge in [0, 0.05) is 29.6 Å². The van der Waals surface area contributed by atoms with Gasteiger partial charge in [-0.25, -0.2) is 9.97 Å². The van der Waals surface area contributed by atoms with Gasteiger partial charge in [0.05, 0.1) is 5.39 Å². The Kier molecular flexibility index (Phi) is 5.78. The number of amides is 1. The number of nitrogens with zero attached hydrogens (tertiary/aromatic N) is 3. The monoisotopic (exact) mass is 410 g/mol. The van der Waals surface area contributed by atoms with E-state index in [1.165, 1.54) is 31.1 Å². The van der Waals surface area contributed by atoms with Crippen molar-refractivity contribution in [2.45, 2.75) is 46.6 Å². The predicted octanol–water partition coefficient (Wildman–Crippen LogP) is 5.04. The largest absolute Gasteiger partial charge is 0.438 e. The molecule has 0 radical (unpaired) electrons. The van der Waals surface area contributed by atoms with E-state index in [-0.39, 0.29) is 5.91 Å². The van der Waals surface area contributed by atoms with Crippen molar-refractivity contribution < 1.29 is 9.53 Å². The maximum absolute atomic E-state index is 11.5. The lowest BCUT2D eigenvalue weighted by Gasteiger charge is -2.27. The molecule has 3 heterocycles. The summed E-state index contributed by atoms with van der Waals surface area (Å²) in [5.41, 5.74) is 3.00. The van der Waals surface area contributed by atoms with Crippen molar-refractivity contribution in [3.05, 3.63) is 40.5 Å². The van der Waals surface area contributed by atoms with Gasteiger partial charge in [0.25, 0.3) is 0 Å².